The Bertz CT molecular complexity index is 1200. The number of aromatic nitrogens is 3. The van der Waals surface area contributed by atoms with Crippen molar-refractivity contribution in [2.75, 3.05) is 6.61 Å². The predicted molar refractivity (Wildman–Crippen MR) is 120 cm³/mol. The van der Waals surface area contributed by atoms with Gasteiger partial charge in [-0.25, -0.2) is 4.98 Å². The van der Waals surface area contributed by atoms with Crippen molar-refractivity contribution in [3.05, 3.63) is 94.7 Å². The minimum absolute atomic E-state index is 0.0234. The fraction of sp³-hybridized carbons (Fsp3) is 0.280. The first-order valence-corrected chi connectivity index (χ1v) is 10.3. The molecule has 2 aromatic carbocycles. The molecule has 4 aromatic rings. The van der Waals surface area contributed by atoms with E-state index < -0.39 is 0 Å². The summed E-state index contributed by atoms with van der Waals surface area (Å²) in [5.41, 5.74) is 6.67. The molecule has 1 unspecified atom stereocenters. The SMILES string of the molecule is Cc1ccc(C[C@@H](CO)n2c(=N)n(C(C)c3ccc(C)cc3)c3cccnc32)cc1. The van der Waals surface area contributed by atoms with E-state index in [9.17, 15) is 5.11 Å². The molecule has 0 saturated carbocycles. The van der Waals surface area contributed by atoms with E-state index in [0.717, 1.165) is 22.3 Å². The fourth-order valence-corrected chi connectivity index (χ4v) is 4.06. The van der Waals surface area contributed by atoms with E-state index in [4.69, 9.17) is 5.41 Å². The Morgan fingerprint density at radius 2 is 1.57 bits per heavy atom. The topological polar surface area (TPSA) is 66.8 Å². The van der Waals surface area contributed by atoms with Gasteiger partial charge in [-0.3, -0.25) is 9.98 Å². The molecular formula is C25H28N4O. The van der Waals surface area contributed by atoms with Crippen LogP contribution in [0.5, 0.6) is 0 Å². The summed E-state index contributed by atoms with van der Waals surface area (Å²) in [4.78, 5) is 4.59. The fourth-order valence-electron chi connectivity index (χ4n) is 4.06. The third kappa shape index (κ3) is 3.68. The minimum atomic E-state index is -0.260. The van der Waals surface area contributed by atoms with Crippen molar-refractivity contribution in [1.82, 2.24) is 14.1 Å². The van der Waals surface area contributed by atoms with Gasteiger partial charge in [0, 0.05) is 6.20 Å². The quantitative estimate of drug-likeness (QED) is 0.506. The van der Waals surface area contributed by atoms with Gasteiger partial charge in [0.2, 0.25) is 5.62 Å². The van der Waals surface area contributed by atoms with E-state index in [1.807, 2.05) is 21.3 Å². The molecule has 0 bridgehead atoms. The molecule has 0 amide bonds. The number of rotatable bonds is 6. The summed E-state index contributed by atoms with van der Waals surface area (Å²) in [5.74, 6) is 0. The molecule has 0 saturated heterocycles. The van der Waals surface area contributed by atoms with Gasteiger partial charge in [-0.15, -0.1) is 0 Å². The van der Waals surface area contributed by atoms with Crippen molar-refractivity contribution in [2.45, 2.75) is 39.3 Å². The highest BCUT2D eigenvalue weighted by atomic mass is 16.3. The van der Waals surface area contributed by atoms with Gasteiger partial charge in [-0.2, -0.15) is 0 Å². The largest absolute Gasteiger partial charge is 0.394 e. The monoisotopic (exact) mass is 400 g/mol. The number of benzene rings is 2. The summed E-state index contributed by atoms with van der Waals surface area (Å²) in [5, 5.41) is 19.2. The van der Waals surface area contributed by atoms with Crippen molar-refractivity contribution in [3.63, 3.8) is 0 Å². The van der Waals surface area contributed by atoms with Crippen molar-refractivity contribution in [3.8, 4) is 0 Å². The second kappa shape index (κ2) is 8.28. The van der Waals surface area contributed by atoms with Crippen molar-refractivity contribution in [1.29, 1.82) is 5.41 Å². The lowest BCUT2D eigenvalue weighted by Crippen LogP contribution is -2.32. The number of hydrogen-bond donors (Lipinski definition) is 2. The Labute approximate surface area is 176 Å². The van der Waals surface area contributed by atoms with Gasteiger partial charge >= 0.3 is 0 Å². The maximum absolute atomic E-state index is 10.2. The van der Waals surface area contributed by atoms with Crippen LogP contribution in [0.3, 0.4) is 0 Å². The van der Waals surface area contributed by atoms with Crippen LogP contribution >= 0.6 is 0 Å². The molecule has 2 heterocycles. The van der Waals surface area contributed by atoms with Crippen LogP contribution in [0, 0.1) is 19.3 Å². The molecule has 0 aliphatic heterocycles. The molecule has 0 fully saturated rings. The first-order valence-electron chi connectivity index (χ1n) is 10.3. The highest BCUT2D eigenvalue weighted by Crippen LogP contribution is 2.24. The summed E-state index contributed by atoms with van der Waals surface area (Å²) < 4.78 is 3.88. The van der Waals surface area contributed by atoms with Gasteiger partial charge < -0.3 is 9.67 Å². The zero-order chi connectivity index (χ0) is 21.3. The zero-order valence-corrected chi connectivity index (χ0v) is 17.7. The summed E-state index contributed by atoms with van der Waals surface area (Å²) >= 11 is 0. The minimum Gasteiger partial charge on any atom is -0.394 e. The van der Waals surface area contributed by atoms with E-state index in [1.54, 1.807) is 6.20 Å². The van der Waals surface area contributed by atoms with E-state index >= 15 is 0 Å². The van der Waals surface area contributed by atoms with E-state index in [2.05, 4.69) is 74.3 Å². The Balaban J connectivity index is 1.82. The number of fused-ring (bicyclic) bond motifs is 1. The average Bonchev–Trinajstić information content (AvgIpc) is 3.05. The second-order valence-corrected chi connectivity index (χ2v) is 8.02. The molecule has 0 aliphatic carbocycles. The summed E-state index contributed by atoms with van der Waals surface area (Å²) in [6.45, 7) is 6.19. The number of aryl methyl sites for hydroxylation is 2. The lowest BCUT2D eigenvalue weighted by molar-refractivity contribution is 0.224. The molecule has 0 spiro atoms. The molecule has 2 N–H and O–H groups in total. The van der Waals surface area contributed by atoms with Crippen LogP contribution in [0.25, 0.3) is 11.2 Å². The van der Waals surface area contributed by atoms with Gasteiger partial charge in [0.25, 0.3) is 0 Å². The molecule has 154 valence electrons. The first-order chi connectivity index (χ1) is 14.5. The van der Waals surface area contributed by atoms with Crippen LogP contribution in [0.2, 0.25) is 0 Å². The molecule has 0 radical (unpaired) electrons. The van der Waals surface area contributed by atoms with Crippen LogP contribution in [0.1, 0.15) is 41.3 Å². The number of imidazole rings is 1. The predicted octanol–water partition coefficient (Wildman–Crippen LogP) is 4.32. The molecule has 4 rings (SSSR count). The maximum Gasteiger partial charge on any atom is 0.205 e. The third-order valence-corrected chi connectivity index (χ3v) is 5.83. The van der Waals surface area contributed by atoms with Crippen LogP contribution in [0.15, 0.2) is 66.9 Å². The zero-order valence-electron chi connectivity index (χ0n) is 17.7. The Morgan fingerprint density at radius 1 is 0.933 bits per heavy atom. The number of pyridine rings is 1. The van der Waals surface area contributed by atoms with Gasteiger partial charge in [0.1, 0.15) is 0 Å². The van der Waals surface area contributed by atoms with Crippen LogP contribution in [0.4, 0.5) is 0 Å². The van der Waals surface area contributed by atoms with Gasteiger partial charge in [0.05, 0.1) is 24.2 Å². The Morgan fingerprint density at radius 3 is 2.20 bits per heavy atom. The van der Waals surface area contributed by atoms with Crippen molar-refractivity contribution in [2.24, 2.45) is 0 Å². The average molecular weight is 401 g/mol. The van der Waals surface area contributed by atoms with E-state index in [-0.39, 0.29) is 18.7 Å². The maximum atomic E-state index is 10.2. The van der Waals surface area contributed by atoms with Crippen molar-refractivity contribution >= 4 is 11.2 Å². The number of aliphatic hydroxyl groups is 1. The lowest BCUT2D eigenvalue weighted by Gasteiger charge is -2.18. The van der Waals surface area contributed by atoms with Crippen LogP contribution in [-0.2, 0) is 6.42 Å². The molecular weight excluding hydrogens is 372 g/mol. The summed E-state index contributed by atoms with van der Waals surface area (Å²) in [6.07, 6.45) is 2.39. The first kappa shape index (κ1) is 20.1. The van der Waals surface area contributed by atoms with Crippen molar-refractivity contribution < 1.29 is 5.11 Å². The molecule has 0 aliphatic rings. The number of nitrogens with one attached hydrogen (secondary N) is 1. The smallest absolute Gasteiger partial charge is 0.205 e. The molecule has 30 heavy (non-hydrogen) atoms. The highest BCUT2D eigenvalue weighted by Gasteiger charge is 2.22. The Hall–Kier alpha value is -3.18. The van der Waals surface area contributed by atoms with Gasteiger partial charge in [0.15, 0.2) is 5.65 Å². The molecule has 2 aromatic heterocycles. The summed E-state index contributed by atoms with van der Waals surface area (Å²) in [7, 11) is 0. The van der Waals surface area contributed by atoms with Gasteiger partial charge in [-0.1, -0.05) is 59.7 Å². The standard InChI is InChI=1S/C25H28N4O/c1-17-6-10-20(11-7-17)15-22(16-30)29-24-23(5-4-14-27-24)28(25(29)26)19(3)21-12-8-18(2)9-13-21/h4-14,19,22,26,30H,15-16H2,1-3H3/t19?,22-/m0/s1. The van der Waals surface area contributed by atoms with Crippen LogP contribution < -0.4 is 5.62 Å². The number of nitrogens with zero attached hydrogens (tertiary/aromatic N) is 3. The summed E-state index contributed by atoms with van der Waals surface area (Å²) in [6, 6.07) is 20.4. The second-order valence-electron chi connectivity index (χ2n) is 8.02. The molecule has 2 atom stereocenters. The third-order valence-electron chi connectivity index (χ3n) is 5.83. The molecule has 5 heteroatoms. The number of hydrogen-bond acceptors (Lipinski definition) is 3. The Kier molecular flexibility index (Phi) is 5.55. The van der Waals surface area contributed by atoms with E-state index in [0.29, 0.717) is 12.0 Å². The lowest BCUT2D eigenvalue weighted by atomic mass is 10.0. The number of aliphatic hydroxyl groups excluding tert-OH is 1. The normalized spacial score (nSPS) is 13.5. The molecule has 5 nitrogen and oxygen atoms in total. The highest BCUT2D eigenvalue weighted by molar-refractivity contribution is 5.71. The van der Waals surface area contributed by atoms with Gasteiger partial charge in [-0.05, 0) is 50.5 Å². The van der Waals surface area contributed by atoms with E-state index in [1.165, 1.54) is 11.1 Å². The van der Waals surface area contributed by atoms with Crippen LogP contribution in [-0.4, -0.2) is 25.8 Å².